The first kappa shape index (κ1) is 24.2. The van der Waals surface area contributed by atoms with E-state index in [2.05, 4.69) is 106 Å². The van der Waals surface area contributed by atoms with Gasteiger partial charge >= 0.3 is 0 Å². The van der Waals surface area contributed by atoms with Crippen molar-refractivity contribution in [3.8, 4) is 11.1 Å². The standard InChI is InChI=1S/C32H33N5O/c1-24(25-9-4-3-5-10-25)37-23-33-19-27(37)20-35-21-30(29-14-8-12-26-11-6-7-13-28(26)29)31(22-35)32(38)36-17-15-34(2)16-18-36/h3-14,19,21-24H,15-18,20H2,1-2H3/t24-/m0/s1. The van der Waals surface area contributed by atoms with Crippen molar-refractivity contribution in [2.24, 2.45) is 0 Å². The van der Waals surface area contributed by atoms with Gasteiger partial charge in [-0.1, -0.05) is 72.8 Å². The highest BCUT2D eigenvalue weighted by Crippen LogP contribution is 2.33. The minimum absolute atomic E-state index is 0.103. The molecule has 192 valence electrons. The Morgan fingerprint density at radius 2 is 1.61 bits per heavy atom. The summed E-state index contributed by atoms with van der Waals surface area (Å²) < 4.78 is 4.36. The Labute approximate surface area is 223 Å². The van der Waals surface area contributed by atoms with Gasteiger partial charge in [0.25, 0.3) is 5.91 Å². The molecule has 38 heavy (non-hydrogen) atoms. The summed E-state index contributed by atoms with van der Waals surface area (Å²) in [4.78, 5) is 22.6. The number of imidazole rings is 1. The molecule has 1 aliphatic rings. The predicted molar refractivity (Wildman–Crippen MR) is 152 cm³/mol. The molecule has 3 heterocycles. The Morgan fingerprint density at radius 1 is 0.868 bits per heavy atom. The van der Waals surface area contributed by atoms with Gasteiger partial charge in [-0.15, -0.1) is 0 Å². The first-order chi connectivity index (χ1) is 18.6. The first-order valence-corrected chi connectivity index (χ1v) is 13.3. The maximum atomic E-state index is 13.9. The molecule has 1 atom stereocenters. The highest BCUT2D eigenvalue weighted by atomic mass is 16.2. The number of rotatable bonds is 6. The number of piperazine rings is 1. The van der Waals surface area contributed by atoms with Crippen molar-refractivity contribution in [1.82, 2.24) is 23.9 Å². The van der Waals surface area contributed by atoms with E-state index in [1.165, 1.54) is 10.9 Å². The molecular formula is C32H33N5O. The average molecular weight is 504 g/mol. The topological polar surface area (TPSA) is 46.3 Å². The number of hydrogen-bond donors (Lipinski definition) is 0. The number of carbonyl (C=O) groups excluding carboxylic acids is 1. The van der Waals surface area contributed by atoms with Gasteiger partial charge in [-0.25, -0.2) is 4.98 Å². The molecule has 0 spiro atoms. The Morgan fingerprint density at radius 3 is 2.42 bits per heavy atom. The Hall–Kier alpha value is -4.16. The molecule has 2 aromatic heterocycles. The van der Waals surface area contributed by atoms with Crippen molar-refractivity contribution in [3.05, 3.63) is 115 Å². The second kappa shape index (κ2) is 10.3. The van der Waals surface area contributed by atoms with E-state index in [1.807, 2.05) is 29.7 Å². The van der Waals surface area contributed by atoms with Gasteiger partial charge in [-0.3, -0.25) is 4.79 Å². The van der Waals surface area contributed by atoms with Crippen LogP contribution in [0, 0.1) is 0 Å². The number of aromatic nitrogens is 3. The lowest BCUT2D eigenvalue weighted by molar-refractivity contribution is 0.0665. The van der Waals surface area contributed by atoms with E-state index in [9.17, 15) is 4.79 Å². The molecule has 3 aromatic carbocycles. The number of benzene rings is 3. The molecule has 6 nitrogen and oxygen atoms in total. The lowest BCUT2D eigenvalue weighted by atomic mass is 9.97. The van der Waals surface area contributed by atoms with Crippen molar-refractivity contribution in [2.75, 3.05) is 33.2 Å². The van der Waals surface area contributed by atoms with E-state index >= 15 is 0 Å². The van der Waals surface area contributed by atoms with Crippen molar-refractivity contribution < 1.29 is 4.79 Å². The minimum atomic E-state index is 0.103. The summed E-state index contributed by atoms with van der Waals surface area (Å²) in [6.45, 7) is 6.11. The van der Waals surface area contributed by atoms with Crippen LogP contribution in [0.2, 0.25) is 0 Å². The number of likely N-dealkylation sites (N-methyl/N-ethyl adjacent to an activating group) is 1. The Bertz CT molecular complexity index is 1550. The van der Waals surface area contributed by atoms with Crippen LogP contribution in [0.5, 0.6) is 0 Å². The van der Waals surface area contributed by atoms with Crippen LogP contribution in [0.4, 0.5) is 0 Å². The van der Waals surface area contributed by atoms with E-state index in [1.54, 1.807) is 0 Å². The molecule has 1 amide bonds. The van der Waals surface area contributed by atoms with E-state index in [4.69, 9.17) is 0 Å². The number of fused-ring (bicyclic) bond motifs is 1. The zero-order valence-corrected chi connectivity index (χ0v) is 22.0. The molecule has 0 radical (unpaired) electrons. The molecule has 0 saturated carbocycles. The Balaban J connectivity index is 1.39. The molecular weight excluding hydrogens is 470 g/mol. The molecule has 0 aliphatic carbocycles. The third-order valence-corrected chi connectivity index (χ3v) is 7.77. The SMILES string of the molecule is C[C@@H](c1ccccc1)n1cncc1Cn1cc(C(=O)N2CCN(C)CC2)c(-c2cccc3ccccc23)c1. The van der Waals surface area contributed by atoms with E-state index < -0.39 is 0 Å². The minimum Gasteiger partial charge on any atom is -0.347 e. The van der Waals surface area contributed by atoms with Gasteiger partial charge in [0.15, 0.2) is 0 Å². The summed E-state index contributed by atoms with van der Waals surface area (Å²) in [5.41, 5.74) is 5.16. The van der Waals surface area contributed by atoms with Gasteiger partial charge in [0.1, 0.15) is 0 Å². The molecule has 1 aliphatic heterocycles. The fourth-order valence-electron chi connectivity index (χ4n) is 5.51. The summed E-state index contributed by atoms with van der Waals surface area (Å²) >= 11 is 0. The summed E-state index contributed by atoms with van der Waals surface area (Å²) in [7, 11) is 2.11. The van der Waals surface area contributed by atoms with Crippen LogP contribution in [0.25, 0.3) is 21.9 Å². The fraction of sp³-hybridized carbons (Fsp3) is 0.250. The molecule has 1 fully saturated rings. The molecule has 5 aromatic rings. The third kappa shape index (κ3) is 4.63. The number of hydrogen-bond acceptors (Lipinski definition) is 3. The van der Waals surface area contributed by atoms with E-state index in [0.29, 0.717) is 6.54 Å². The van der Waals surface area contributed by atoms with Crippen LogP contribution in [0.15, 0.2) is 97.7 Å². The van der Waals surface area contributed by atoms with Crippen LogP contribution >= 0.6 is 0 Å². The zero-order chi connectivity index (χ0) is 26.1. The molecule has 0 unspecified atom stereocenters. The monoisotopic (exact) mass is 503 g/mol. The molecule has 1 saturated heterocycles. The van der Waals surface area contributed by atoms with E-state index in [-0.39, 0.29) is 11.9 Å². The van der Waals surface area contributed by atoms with Gasteiger partial charge < -0.3 is 18.9 Å². The third-order valence-electron chi connectivity index (χ3n) is 7.77. The molecule has 0 N–H and O–H groups in total. The Kier molecular flexibility index (Phi) is 6.56. The maximum Gasteiger partial charge on any atom is 0.256 e. The fourth-order valence-corrected chi connectivity index (χ4v) is 5.51. The van der Waals surface area contributed by atoms with Gasteiger partial charge in [0.05, 0.1) is 30.2 Å². The number of carbonyl (C=O) groups is 1. The predicted octanol–water partition coefficient (Wildman–Crippen LogP) is 5.55. The second-order valence-corrected chi connectivity index (χ2v) is 10.3. The molecule has 0 bridgehead atoms. The van der Waals surface area contributed by atoms with Crippen LogP contribution < -0.4 is 0 Å². The van der Waals surface area contributed by atoms with Gasteiger partial charge in [0, 0.05) is 50.3 Å². The van der Waals surface area contributed by atoms with Crippen LogP contribution in [-0.2, 0) is 6.54 Å². The normalized spacial score (nSPS) is 15.2. The lowest BCUT2D eigenvalue weighted by Crippen LogP contribution is -2.47. The van der Waals surface area contributed by atoms with Gasteiger partial charge in [-0.05, 0) is 35.9 Å². The summed E-state index contributed by atoms with van der Waals surface area (Å²) in [5.74, 6) is 0.103. The molecule has 6 rings (SSSR count). The summed E-state index contributed by atoms with van der Waals surface area (Å²) in [6, 6.07) is 25.4. The lowest BCUT2D eigenvalue weighted by Gasteiger charge is -2.32. The highest BCUT2D eigenvalue weighted by molar-refractivity contribution is 6.06. The van der Waals surface area contributed by atoms with E-state index in [0.717, 1.165) is 53.9 Å². The number of amides is 1. The van der Waals surface area contributed by atoms with Crippen molar-refractivity contribution in [1.29, 1.82) is 0 Å². The molecule has 6 heteroatoms. The van der Waals surface area contributed by atoms with Gasteiger partial charge in [0.2, 0.25) is 0 Å². The maximum absolute atomic E-state index is 13.9. The average Bonchev–Trinajstić information content (AvgIpc) is 3.60. The zero-order valence-electron chi connectivity index (χ0n) is 22.0. The summed E-state index contributed by atoms with van der Waals surface area (Å²) in [5, 5.41) is 2.33. The largest absolute Gasteiger partial charge is 0.347 e. The first-order valence-electron chi connectivity index (χ1n) is 13.3. The quantitative estimate of drug-likeness (QED) is 0.305. The number of nitrogens with zero attached hydrogens (tertiary/aromatic N) is 5. The van der Waals surface area contributed by atoms with Crippen LogP contribution in [-0.4, -0.2) is 63.1 Å². The van der Waals surface area contributed by atoms with Crippen LogP contribution in [0.3, 0.4) is 0 Å². The van der Waals surface area contributed by atoms with Crippen LogP contribution in [0.1, 0.15) is 34.6 Å². The van der Waals surface area contributed by atoms with Gasteiger partial charge in [-0.2, -0.15) is 0 Å². The highest BCUT2D eigenvalue weighted by Gasteiger charge is 2.25. The van der Waals surface area contributed by atoms with Crippen molar-refractivity contribution in [3.63, 3.8) is 0 Å². The van der Waals surface area contributed by atoms with Crippen molar-refractivity contribution in [2.45, 2.75) is 19.5 Å². The van der Waals surface area contributed by atoms with Crippen molar-refractivity contribution >= 4 is 16.7 Å². The second-order valence-electron chi connectivity index (χ2n) is 10.3. The summed E-state index contributed by atoms with van der Waals surface area (Å²) in [6.07, 6.45) is 8.00. The smallest absolute Gasteiger partial charge is 0.256 e.